The highest BCUT2D eigenvalue weighted by molar-refractivity contribution is 6.01. The van der Waals surface area contributed by atoms with Gasteiger partial charge in [0.05, 0.1) is 24.7 Å². The number of hydrogen-bond donors (Lipinski definition) is 2. The molecule has 0 saturated heterocycles. The summed E-state index contributed by atoms with van der Waals surface area (Å²) in [4.78, 5) is 24.1. The molecule has 2 aromatic rings. The van der Waals surface area contributed by atoms with Crippen LogP contribution in [0.2, 0.25) is 0 Å². The zero-order valence-corrected chi connectivity index (χ0v) is 10.9. The van der Waals surface area contributed by atoms with Crippen LogP contribution in [0.5, 0.6) is 0 Å². The Morgan fingerprint density at radius 2 is 2.30 bits per heavy atom. The van der Waals surface area contributed by atoms with Gasteiger partial charge in [-0.25, -0.2) is 0 Å². The zero-order valence-electron chi connectivity index (χ0n) is 10.9. The van der Waals surface area contributed by atoms with Crippen molar-refractivity contribution in [3.63, 3.8) is 0 Å². The Bertz CT molecular complexity index is 705. The average molecular weight is 271 g/mol. The molecule has 0 unspecified atom stereocenters. The lowest BCUT2D eigenvalue weighted by molar-refractivity contribution is -0.136. The molecule has 3 rings (SSSR count). The van der Waals surface area contributed by atoms with Crippen LogP contribution >= 0.6 is 0 Å². The number of benzene rings is 1. The van der Waals surface area contributed by atoms with Crippen molar-refractivity contribution in [2.75, 3.05) is 11.9 Å². The molecule has 0 radical (unpaired) electrons. The summed E-state index contributed by atoms with van der Waals surface area (Å²) in [6.07, 6.45) is 1.82. The number of nitrogens with zero attached hydrogens (tertiary/aromatic N) is 2. The van der Waals surface area contributed by atoms with Gasteiger partial charge < -0.3 is 10.0 Å². The van der Waals surface area contributed by atoms with Crippen molar-refractivity contribution in [1.82, 2.24) is 10.2 Å². The third-order valence-corrected chi connectivity index (χ3v) is 3.50. The number of aromatic nitrogens is 2. The minimum Gasteiger partial charge on any atom is -0.481 e. The SMILES string of the molecule is CN1C(=O)Cc2cc(-c3[nH]ncc3CC(=O)O)ccc21. The van der Waals surface area contributed by atoms with E-state index in [2.05, 4.69) is 10.2 Å². The molecule has 0 spiro atoms. The number of aromatic amines is 1. The summed E-state index contributed by atoms with van der Waals surface area (Å²) in [5.41, 5.74) is 4.02. The highest BCUT2D eigenvalue weighted by atomic mass is 16.4. The molecule has 1 amide bonds. The quantitative estimate of drug-likeness (QED) is 0.878. The van der Waals surface area contributed by atoms with Crippen LogP contribution < -0.4 is 4.90 Å². The van der Waals surface area contributed by atoms with Crippen LogP contribution in [-0.4, -0.2) is 34.2 Å². The van der Waals surface area contributed by atoms with Crippen molar-refractivity contribution in [2.24, 2.45) is 0 Å². The molecule has 6 heteroatoms. The molecule has 1 aliphatic heterocycles. The minimum absolute atomic E-state index is 0.0625. The van der Waals surface area contributed by atoms with Crippen molar-refractivity contribution in [2.45, 2.75) is 12.8 Å². The van der Waals surface area contributed by atoms with Crippen LogP contribution in [-0.2, 0) is 22.4 Å². The van der Waals surface area contributed by atoms with Gasteiger partial charge in [0.25, 0.3) is 0 Å². The molecule has 0 fully saturated rings. The molecule has 1 aromatic carbocycles. The first kappa shape index (κ1) is 12.4. The van der Waals surface area contributed by atoms with Gasteiger partial charge in [0.15, 0.2) is 0 Å². The molecule has 0 saturated carbocycles. The number of carbonyl (C=O) groups is 2. The van der Waals surface area contributed by atoms with Gasteiger partial charge >= 0.3 is 5.97 Å². The topological polar surface area (TPSA) is 86.3 Å². The molecule has 6 nitrogen and oxygen atoms in total. The van der Waals surface area contributed by atoms with E-state index in [1.165, 1.54) is 6.20 Å². The summed E-state index contributed by atoms with van der Waals surface area (Å²) in [6, 6.07) is 5.66. The number of fused-ring (bicyclic) bond motifs is 1. The summed E-state index contributed by atoms with van der Waals surface area (Å²) >= 11 is 0. The monoisotopic (exact) mass is 271 g/mol. The molecule has 2 N–H and O–H groups in total. The number of likely N-dealkylation sites (N-methyl/N-ethyl adjacent to an activating group) is 1. The second kappa shape index (κ2) is 4.48. The number of anilines is 1. The molecular weight excluding hydrogens is 258 g/mol. The van der Waals surface area contributed by atoms with Gasteiger partial charge in [-0.2, -0.15) is 5.10 Å². The third-order valence-electron chi connectivity index (χ3n) is 3.50. The highest BCUT2D eigenvalue weighted by Crippen LogP contribution is 2.32. The maximum Gasteiger partial charge on any atom is 0.307 e. The van der Waals surface area contributed by atoms with Gasteiger partial charge in [0.2, 0.25) is 5.91 Å². The molecule has 1 aliphatic rings. The van der Waals surface area contributed by atoms with E-state index in [1.54, 1.807) is 11.9 Å². The summed E-state index contributed by atoms with van der Waals surface area (Å²) in [5, 5.41) is 15.6. The van der Waals surface area contributed by atoms with E-state index in [4.69, 9.17) is 5.11 Å². The Balaban J connectivity index is 2.01. The van der Waals surface area contributed by atoms with Gasteiger partial charge in [-0.1, -0.05) is 6.07 Å². The number of aliphatic carboxylic acids is 1. The molecule has 0 aliphatic carbocycles. The molecule has 2 heterocycles. The normalized spacial score (nSPS) is 13.7. The summed E-state index contributed by atoms with van der Waals surface area (Å²) in [7, 11) is 1.75. The first-order valence-corrected chi connectivity index (χ1v) is 6.20. The fraction of sp³-hybridized carbons (Fsp3) is 0.214. The number of carboxylic acids is 1. The fourth-order valence-electron chi connectivity index (χ4n) is 2.48. The first-order chi connectivity index (χ1) is 9.56. The molecule has 0 bridgehead atoms. The van der Waals surface area contributed by atoms with Crippen LogP contribution in [0.1, 0.15) is 11.1 Å². The van der Waals surface area contributed by atoms with Crippen LogP contribution in [0.25, 0.3) is 11.3 Å². The predicted molar refractivity (Wildman–Crippen MR) is 72.5 cm³/mol. The molecule has 0 atom stereocenters. The smallest absolute Gasteiger partial charge is 0.307 e. The van der Waals surface area contributed by atoms with Crippen LogP contribution in [0, 0.1) is 0 Å². The van der Waals surface area contributed by atoms with Gasteiger partial charge in [-0.05, 0) is 17.7 Å². The molecule has 20 heavy (non-hydrogen) atoms. The highest BCUT2D eigenvalue weighted by Gasteiger charge is 2.24. The predicted octanol–water partition coefficient (Wildman–Crippen LogP) is 1.22. The van der Waals surface area contributed by atoms with Crippen LogP contribution in [0.4, 0.5) is 5.69 Å². The van der Waals surface area contributed by atoms with E-state index in [0.717, 1.165) is 16.8 Å². The molecule has 1 aromatic heterocycles. The zero-order chi connectivity index (χ0) is 14.3. The standard InChI is InChI=1S/C14H13N3O3/c1-17-11-3-2-8(4-9(11)5-12(17)18)14-10(6-13(19)20)7-15-16-14/h2-4,7H,5-6H2,1H3,(H,15,16)(H,19,20). The minimum atomic E-state index is -0.899. The summed E-state index contributed by atoms with van der Waals surface area (Å²) < 4.78 is 0. The van der Waals surface area contributed by atoms with E-state index >= 15 is 0 Å². The van der Waals surface area contributed by atoms with E-state index < -0.39 is 5.97 Å². The number of hydrogen-bond acceptors (Lipinski definition) is 3. The second-order valence-corrected chi connectivity index (χ2v) is 4.81. The van der Waals surface area contributed by atoms with Crippen molar-refractivity contribution >= 4 is 17.6 Å². The lowest BCUT2D eigenvalue weighted by atomic mass is 10.0. The van der Waals surface area contributed by atoms with Gasteiger partial charge in [-0.3, -0.25) is 14.7 Å². The number of nitrogens with one attached hydrogen (secondary N) is 1. The number of H-pyrrole nitrogens is 1. The maximum absolute atomic E-state index is 11.7. The van der Waals surface area contributed by atoms with Gasteiger partial charge in [0, 0.05) is 23.9 Å². The van der Waals surface area contributed by atoms with Crippen LogP contribution in [0.3, 0.4) is 0 Å². The van der Waals surface area contributed by atoms with Crippen molar-refractivity contribution in [3.8, 4) is 11.3 Å². The van der Waals surface area contributed by atoms with Crippen molar-refractivity contribution < 1.29 is 14.7 Å². The Morgan fingerprint density at radius 3 is 3.05 bits per heavy atom. The largest absolute Gasteiger partial charge is 0.481 e. The maximum atomic E-state index is 11.7. The number of carboxylic acid groups (broad SMARTS) is 1. The first-order valence-electron chi connectivity index (χ1n) is 6.20. The Kier molecular flexibility index (Phi) is 2.78. The number of amides is 1. The summed E-state index contributed by atoms with van der Waals surface area (Å²) in [5.74, 6) is -0.837. The molecule has 102 valence electrons. The second-order valence-electron chi connectivity index (χ2n) is 4.81. The van der Waals surface area contributed by atoms with E-state index in [0.29, 0.717) is 17.7 Å². The third kappa shape index (κ3) is 1.95. The molecular formula is C14H13N3O3. The Morgan fingerprint density at radius 1 is 1.50 bits per heavy atom. The van der Waals surface area contributed by atoms with Gasteiger partial charge in [-0.15, -0.1) is 0 Å². The summed E-state index contributed by atoms with van der Waals surface area (Å²) in [6.45, 7) is 0. The van der Waals surface area contributed by atoms with Crippen LogP contribution in [0.15, 0.2) is 24.4 Å². The van der Waals surface area contributed by atoms with Crippen molar-refractivity contribution in [3.05, 3.63) is 35.5 Å². The number of rotatable bonds is 3. The van der Waals surface area contributed by atoms with Crippen molar-refractivity contribution in [1.29, 1.82) is 0 Å². The number of carbonyl (C=O) groups excluding carboxylic acids is 1. The Labute approximate surface area is 115 Å². The Hall–Kier alpha value is -2.63. The lowest BCUT2D eigenvalue weighted by Gasteiger charge is -2.10. The van der Waals surface area contributed by atoms with E-state index in [9.17, 15) is 9.59 Å². The lowest BCUT2D eigenvalue weighted by Crippen LogP contribution is -2.20. The average Bonchev–Trinajstić information content (AvgIpc) is 2.95. The van der Waals surface area contributed by atoms with E-state index in [-0.39, 0.29) is 12.3 Å². The van der Waals surface area contributed by atoms with E-state index in [1.807, 2.05) is 18.2 Å². The fourth-order valence-corrected chi connectivity index (χ4v) is 2.48. The van der Waals surface area contributed by atoms with Gasteiger partial charge in [0.1, 0.15) is 0 Å².